The third kappa shape index (κ3) is 4.32. The summed E-state index contributed by atoms with van der Waals surface area (Å²) in [6.45, 7) is 0. The molecule has 49 heavy (non-hydrogen) atoms. The van der Waals surface area contributed by atoms with Crippen LogP contribution < -0.4 is 0 Å². The number of benzene rings is 8. The van der Waals surface area contributed by atoms with Crippen LogP contribution >= 0.6 is 0 Å². The van der Waals surface area contributed by atoms with E-state index in [4.69, 9.17) is 4.98 Å². The highest BCUT2D eigenvalue weighted by Crippen LogP contribution is 2.41. The Morgan fingerprint density at radius 3 is 1.61 bits per heavy atom. The second-order valence-corrected chi connectivity index (χ2v) is 12.7. The second-order valence-electron chi connectivity index (χ2n) is 12.7. The van der Waals surface area contributed by atoms with Crippen molar-refractivity contribution in [2.75, 3.05) is 0 Å². The SMILES string of the molecule is N#Cc1ccc2c(c1)c1cc(-c3cc4ccc5cc(-c6cccc(-c7ccccc7)n6)cc6ccc(c3)c4c56)ccc1n2-c1ccccc1. The minimum atomic E-state index is 0.663. The molecule has 10 aromatic rings. The molecule has 0 aliphatic carbocycles. The fourth-order valence-electron chi connectivity index (χ4n) is 7.65. The molecule has 0 radical (unpaired) electrons. The quantitative estimate of drug-likeness (QED) is 0.184. The van der Waals surface area contributed by atoms with Gasteiger partial charge in [-0.05, 0) is 122 Å². The first-order valence-corrected chi connectivity index (χ1v) is 16.5. The summed E-state index contributed by atoms with van der Waals surface area (Å²) >= 11 is 0. The lowest BCUT2D eigenvalue weighted by molar-refractivity contribution is 1.18. The van der Waals surface area contributed by atoms with E-state index in [2.05, 4.69) is 150 Å². The smallest absolute Gasteiger partial charge is 0.0991 e. The molecule has 0 saturated carbocycles. The molecule has 2 heterocycles. The summed E-state index contributed by atoms with van der Waals surface area (Å²) in [5, 5.41) is 19.4. The third-order valence-electron chi connectivity index (χ3n) is 9.89. The van der Waals surface area contributed by atoms with Gasteiger partial charge in [0.1, 0.15) is 0 Å². The number of nitrogens with zero attached hydrogens (tertiary/aromatic N) is 3. The number of para-hydroxylation sites is 1. The van der Waals surface area contributed by atoms with E-state index in [1.807, 2.05) is 24.3 Å². The summed E-state index contributed by atoms with van der Waals surface area (Å²) in [7, 11) is 0. The molecule has 0 amide bonds. The maximum Gasteiger partial charge on any atom is 0.0991 e. The van der Waals surface area contributed by atoms with E-state index in [1.54, 1.807) is 0 Å². The molecule has 3 heteroatoms. The average molecular weight is 622 g/mol. The molecular weight excluding hydrogens is 595 g/mol. The number of pyridine rings is 1. The third-order valence-corrected chi connectivity index (χ3v) is 9.89. The van der Waals surface area contributed by atoms with Crippen molar-refractivity contribution in [3.05, 3.63) is 169 Å². The highest BCUT2D eigenvalue weighted by atomic mass is 15.0. The van der Waals surface area contributed by atoms with Gasteiger partial charge in [-0.25, -0.2) is 4.98 Å². The van der Waals surface area contributed by atoms with Crippen molar-refractivity contribution in [1.29, 1.82) is 5.26 Å². The van der Waals surface area contributed by atoms with Crippen molar-refractivity contribution in [3.8, 4) is 45.4 Å². The fourth-order valence-corrected chi connectivity index (χ4v) is 7.65. The monoisotopic (exact) mass is 621 g/mol. The molecule has 8 aromatic carbocycles. The van der Waals surface area contributed by atoms with Gasteiger partial charge < -0.3 is 4.57 Å². The lowest BCUT2D eigenvalue weighted by atomic mass is 9.90. The van der Waals surface area contributed by atoms with Crippen LogP contribution in [0.4, 0.5) is 0 Å². The van der Waals surface area contributed by atoms with E-state index < -0.39 is 0 Å². The van der Waals surface area contributed by atoms with E-state index >= 15 is 0 Å². The Balaban J connectivity index is 1.12. The Kier molecular flexibility index (Phi) is 5.94. The normalized spacial score (nSPS) is 11.7. The summed E-state index contributed by atoms with van der Waals surface area (Å²) in [6.07, 6.45) is 0. The van der Waals surface area contributed by atoms with Gasteiger partial charge in [-0.2, -0.15) is 5.26 Å². The Bertz CT molecular complexity index is 2860. The molecule has 0 fully saturated rings. The van der Waals surface area contributed by atoms with Gasteiger partial charge in [0.25, 0.3) is 0 Å². The molecule has 0 spiro atoms. The van der Waals surface area contributed by atoms with Crippen LogP contribution in [0.2, 0.25) is 0 Å². The van der Waals surface area contributed by atoms with E-state index in [0.717, 1.165) is 55.6 Å². The van der Waals surface area contributed by atoms with Gasteiger partial charge in [0.15, 0.2) is 0 Å². The first-order chi connectivity index (χ1) is 24.2. The minimum absolute atomic E-state index is 0.663. The molecule has 0 aliphatic rings. The summed E-state index contributed by atoms with van der Waals surface area (Å²) in [5.41, 5.74) is 10.5. The van der Waals surface area contributed by atoms with E-state index in [1.165, 1.54) is 37.9 Å². The van der Waals surface area contributed by atoms with Crippen LogP contribution in [0.15, 0.2) is 164 Å². The molecule has 3 nitrogen and oxygen atoms in total. The molecule has 2 aromatic heterocycles. The maximum atomic E-state index is 9.72. The number of rotatable bonds is 4. The van der Waals surface area contributed by atoms with Crippen LogP contribution in [0, 0.1) is 11.3 Å². The summed E-state index contributed by atoms with van der Waals surface area (Å²) in [5.74, 6) is 0. The predicted octanol–water partition coefficient (Wildman–Crippen LogP) is 11.9. The van der Waals surface area contributed by atoms with E-state index in [0.29, 0.717) is 5.56 Å². The Morgan fingerprint density at radius 2 is 0.980 bits per heavy atom. The molecule has 0 N–H and O–H groups in total. The maximum absolute atomic E-state index is 9.72. The van der Waals surface area contributed by atoms with Crippen molar-refractivity contribution in [3.63, 3.8) is 0 Å². The predicted molar refractivity (Wildman–Crippen MR) is 203 cm³/mol. The number of hydrogen-bond acceptors (Lipinski definition) is 2. The lowest BCUT2D eigenvalue weighted by Crippen LogP contribution is -1.93. The molecule has 0 atom stereocenters. The summed E-state index contributed by atoms with van der Waals surface area (Å²) in [4.78, 5) is 5.05. The number of aromatic nitrogens is 2. The van der Waals surface area contributed by atoms with Gasteiger partial charge in [0, 0.05) is 27.6 Å². The summed E-state index contributed by atoms with van der Waals surface area (Å²) in [6, 6.07) is 60.3. The number of nitriles is 1. The first-order valence-electron chi connectivity index (χ1n) is 16.5. The van der Waals surface area contributed by atoms with Crippen LogP contribution in [-0.2, 0) is 0 Å². The van der Waals surface area contributed by atoms with E-state index in [9.17, 15) is 5.26 Å². The zero-order valence-corrected chi connectivity index (χ0v) is 26.4. The molecule has 0 bridgehead atoms. The first kappa shape index (κ1) is 27.4. The molecule has 0 unspecified atom stereocenters. The van der Waals surface area contributed by atoms with Crippen molar-refractivity contribution in [2.45, 2.75) is 0 Å². The zero-order chi connectivity index (χ0) is 32.5. The molecular formula is C46H27N3. The van der Waals surface area contributed by atoms with Gasteiger partial charge in [-0.1, -0.05) is 84.9 Å². The number of fused-ring (bicyclic) bond motifs is 3. The Hall–Kier alpha value is -6.76. The second kappa shape index (κ2) is 10.6. The molecule has 226 valence electrons. The van der Waals surface area contributed by atoms with Crippen molar-refractivity contribution in [2.24, 2.45) is 0 Å². The molecule has 0 aliphatic heterocycles. The van der Waals surface area contributed by atoms with Crippen LogP contribution in [-0.4, -0.2) is 9.55 Å². The average Bonchev–Trinajstić information content (AvgIpc) is 3.50. The van der Waals surface area contributed by atoms with Gasteiger partial charge in [0.2, 0.25) is 0 Å². The standard InChI is InChI=1S/C46H27N3/c47-28-29-14-20-43-39(22-29)40-27-31(19-21-44(40)49(43)38-10-5-2-6-11-38)36-23-32-15-17-34-25-37(26-35-18-16-33(24-36)45(32)46(34)35)42-13-7-12-41(48-42)30-8-3-1-4-9-30/h1-27H. The largest absolute Gasteiger partial charge is 0.309 e. The van der Waals surface area contributed by atoms with Crippen LogP contribution in [0.3, 0.4) is 0 Å². The topological polar surface area (TPSA) is 41.6 Å². The van der Waals surface area contributed by atoms with Crippen LogP contribution in [0.1, 0.15) is 5.56 Å². The molecule has 0 saturated heterocycles. The van der Waals surface area contributed by atoms with Crippen LogP contribution in [0.5, 0.6) is 0 Å². The number of hydrogen-bond donors (Lipinski definition) is 0. The summed E-state index contributed by atoms with van der Waals surface area (Å²) < 4.78 is 2.29. The highest BCUT2D eigenvalue weighted by molar-refractivity contribution is 6.24. The van der Waals surface area contributed by atoms with Gasteiger partial charge in [0.05, 0.1) is 34.1 Å². The highest BCUT2D eigenvalue weighted by Gasteiger charge is 2.16. The Morgan fingerprint density at radius 1 is 0.429 bits per heavy atom. The van der Waals surface area contributed by atoms with Crippen LogP contribution in [0.25, 0.3) is 93.5 Å². The van der Waals surface area contributed by atoms with Gasteiger partial charge in [-0.15, -0.1) is 0 Å². The lowest BCUT2D eigenvalue weighted by Gasteiger charge is -2.15. The van der Waals surface area contributed by atoms with Gasteiger partial charge >= 0.3 is 0 Å². The van der Waals surface area contributed by atoms with Crippen molar-refractivity contribution < 1.29 is 0 Å². The molecule has 10 rings (SSSR count). The fraction of sp³-hybridized carbons (Fsp3) is 0. The van der Waals surface area contributed by atoms with Gasteiger partial charge in [-0.3, -0.25) is 0 Å². The minimum Gasteiger partial charge on any atom is -0.309 e. The van der Waals surface area contributed by atoms with E-state index in [-0.39, 0.29) is 0 Å². The zero-order valence-electron chi connectivity index (χ0n) is 26.4. The van der Waals surface area contributed by atoms with Crippen molar-refractivity contribution >= 4 is 54.1 Å². The Labute approximate surface area is 282 Å². The van der Waals surface area contributed by atoms with Crippen molar-refractivity contribution in [1.82, 2.24) is 9.55 Å².